The van der Waals surface area contributed by atoms with E-state index in [2.05, 4.69) is 55.4 Å². The highest BCUT2D eigenvalue weighted by atomic mass is 79.9. The Hall–Kier alpha value is -0.350. The van der Waals surface area contributed by atoms with E-state index in [4.69, 9.17) is 11.6 Å². The number of hydrogen-bond acceptors (Lipinski definition) is 1. The van der Waals surface area contributed by atoms with E-state index in [1.807, 2.05) is 31.3 Å². The first-order chi connectivity index (χ1) is 9.10. The Morgan fingerprint density at radius 2 is 1.84 bits per heavy atom. The van der Waals surface area contributed by atoms with Gasteiger partial charge in [-0.2, -0.15) is 0 Å². The van der Waals surface area contributed by atoms with Gasteiger partial charge < -0.3 is 5.32 Å². The predicted octanol–water partition coefficient (Wildman–Crippen LogP) is 5.37. The molecule has 100 valence electrons. The van der Waals surface area contributed by atoms with Crippen molar-refractivity contribution in [2.75, 3.05) is 7.05 Å². The van der Waals surface area contributed by atoms with Crippen molar-refractivity contribution in [3.8, 4) is 0 Å². The van der Waals surface area contributed by atoms with Gasteiger partial charge in [-0.15, -0.1) is 0 Å². The van der Waals surface area contributed by atoms with Crippen molar-refractivity contribution in [3.63, 3.8) is 0 Å². The average molecular weight is 404 g/mol. The normalized spacial score (nSPS) is 12.4. The number of nitrogens with one attached hydrogen (secondary N) is 1. The molecule has 1 nitrogen and oxygen atoms in total. The van der Waals surface area contributed by atoms with Crippen LogP contribution in [0.3, 0.4) is 0 Å². The molecule has 0 aromatic heterocycles. The summed E-state index contributed by atoms with van der Waals surface area (Å²) in [6, 6.07) is 14.6. The van der Waals surface area contributed by atoms with Gasteiger partial charge in [0.15, 0.2) is 0 Å². The summed E-state index contributed by atoms with van der Waals surface area (Å²) < 4.78 is 2.09. The zero-order valence-electron chi connectivity index (χ0n) is 10.5. The van der Waals surface area contributed by atoms with E-state index in [0.717, 1.165) is 26.0 Å². The fraction of sp³-hybridized carbons (Fsp3) is 0.200. The number of hydrogen-bond donors (Lipinski definition) is 1. The van der Waals surface area contributed by atoms with Crippen LogP contribution in [-0.2, 0) is 6.42 Å². The second-order valence-corrected chi connectivity index (χ2v) is 6.57. The third kappa shape index (κ3) is 4.06. The van der Waals surface area contributed by atoms with Crippen molar-refractivity contribution in [2.24, 2.45) is 0 Å². The molecule has 0 amide bonds. The SMILES string of the molecule is CNC(Cc1ccc(Br)cc1Cl)c1cccc(Br)c1. The smallest absolute Gasteiger partial charge is 0.0449 e. The molecule has 0 radical (unpaired) electrons. The zero-order valence-corrected chi connectivity index (χ0v) is 14.4. The molecule has 1 N–H and O–H groups in total. The molecule has 0 saturated heterocycles. The molecule has 0 fully saturated rings. The van der Waals surface area contributed by atoms with Crippen LogP contribution in [0.15, 0.2) is 51.4 Å². The summed E-state index contributed by atoms with van der Waals surface area (Å²) in [7, 11) is 1.97. The van der Waals surface area contributed by atoms with Crippen LogP contribution >= 0.6 is 43.5 Å². The van der Waals surface area contributed by atoms with Gasteiger partial charge in [-0.1, -0.05) is 61.7 Å². The van der Waals surface area contributed by atoms with Gasteiger partial charge in [-0.05, 0) is 48.9 Å². The number of rotatable bonds is 4. The van der Waals surface area contributed by atoms with Crippen LogP contribution in [0.25, 0.3) is 0 Å². The highest BCUT2D eigenvalue weighted by Crippen LogP contribution is 2.27. The highest BCUT2D eigenvalue weighted by Gasteiger charge is 2.12. The Kier molecular flexibility index (Phi) is 5.46. The van der Waals surface area contributed by atoms with E-state index in [0.29, 0.717) is 0 Å². The third-order valence-electron chi connectivity index (χ3n) is 3.04. The third-order valence-corrected chi connectivity index (χ3v) is 4.38. The predicted molar refractivity (Wildman–Crippen MR) is 88.8 cm³/mol. The molecule has 0 spiro atoms. The molecular weight excluding hydrogens is 389 g/mol. The molecule has 1 unspecified atom stereocenters. The Labute approximate surface area is 135 Å². The summed E-state index contributed by atoms with van der Waals surface area (Å²) in [6.07, 6.45) is 0.860. The van der Waals surface area contributed by atoms with E-state index in [9.17, 15) is 0 Å². The summed E-state index contributed by atoms with van der Waals surface area (Å²) in [6.45, 7) is 0. The lowest BCUT2D eigenvalue weighted by atomic mass is 9.99. The minimum Gasteiger partial charge on any atom is -0.313 e. The highest BCUT2D eigenvalue weighted by molar-refractivity contribution is 9.10. The van der Waals surface area contributed by atoms with Crippen molar-refractivity contribution in [3.05, 3.63) is 67.6 Å². The maximum absolute atomic E-state index is 6.28. The fourth-order valence-electron chi connectivity index (χ4n) is 2.02. The molecule has 0 aliphatic heterocycles. The molecule has 1 atom stereocenters. The first-order valence-electron chi connectivity index (χ1n) is 5.97. The van der Waals surface area contributed by atoms with Gasteiger partial charge >= 0.3 is 0 Å². The standard InChI is InChI=1S/C15H14Br2ClN/c1-19-15(11-3-2-4-12(16)7-11)8-10-5-6-13(17)9-14(10)18/h2-7,9,15,19H,8H2,1H3. The second-order valence-electron chi connectivity index (χ2n) is 4.34. The van der Waals surface area contributed by atoms with Crippen molar-refractivity contribution in [2.45, 2.75) is 12.5 Å². The number of likely N-dealkylation sites (N-methyl/N-ethyl adjacent to an activating group) is 1. The minimum atomic E-state index is 0.246. The average Bonchev–Trinajstić information content (AvgIpc) is 2.38. The van der Waals surface area contributed by atoms with Crippen molar-refractivity contribution in [1.29, 1.82) is 0 Å². The first kappa shape index (κ1) is 15.0. The molecule has 0 bridgehead atoms. The van der Waals surface area contributed by atoms with E-state index in [1.54, 1.807) is 0 Å². The van der Waals surface area contributed by atoms with Crippen molar-refractivity contribution < 1.29 is 0 Å². The van der Waals surface area contributed by atoms with Gasteiger partial charge in [0, 0.05) is 20.0 Å². The van der Waals surface area contributed by atoms with Gasteiger partial charge in [0.25, 0.3) is 0 Å². The monoisotopic (exact) mass is 401 g/mol. The van der Waals surface area contributed by atoms with Crippen molar-refractivity contribution >= 4 is 43.5 Å². The molecule has 0 aliphatic carbocycles. The van der Waals surface area contributed by atoms with Crippen LogP contribution < -0.4 is 5.32 Å². The first-order valence-corrected chi connectivity index (χ1v) is 7.93. The van der Waals surface area contributed by atoms with Gasteiger partial charge in [0.05, 0.1) is 0 Å². The molecule has 0 aliphatic rings. The zero-order chi connectivity index (χ0) is 13.8. The van der Waals surface area contributed by atoms with Crippen LogP contribution in [0, 0.1) is 0 Å². The Bertz CT molecular complexity index is 572. The topological polar surface area (TPSA) is 12.0 Å². The van der Waals surface area contributed by atoms with Gasteiger partial charge in [0.1, 0.15) is 0 Å². The molecule has 19 heavy (non-hydrogen) atoms. The lowest BCUT2D eigenvalue weighted by Crippen LogP contribution is -2.19. The fourth-order valence-corrected chi connectivity index (χ4v) is 3.18. The molecule has 0 heterocycles. The molecule has 0 saturated carbocycles. The minimum absolute atomic E-state index is 0.246. The van der Waals surface area contributed by atoms with E-state index in [1.165, 1.54) is 5.56 Å². The maximum Gasteiger partial charge on any atom is 0.0449 e. The van der Waals surface area contributed by atoms with Gasteiger partial charge in [0.2, 0.25) is 0 Å². The number of benzene rings is 2. The Balaban J connectivity index is 2.24. The van der Waals surface area contributed by atoms with Crippen LogP contribution in [0.4, 0.5) is 0 Å². The molecular formula is C15H14Br2ClN. The Morgan fingerprint density at radius 1 is 1.11 bits per heavy atom. The number of halogens is 3. The summed E-state index contributed by atoms with van der Waals surface area (Å²) in [4.78, 5) is 0. The molecule has 4 heteroatoms. The van der Waals surface area contributed by atoms with Crippen LogP contribution in [0.1, 0.15) is 17.2 Å². The molecule has 2 aromatic rings. The summed E-state index contributed by atoms with van der Waals surface area (Å²) in [5.41, 5.74) is 2.39. The molecule has 2 rings (SSSR count). The quantitative estimate of drug-likeness (QED) is 0.724. The van der Waals surface area contributed by atoms with E-state index >= 15 is 0 Å². The maximum atomic E-state index is 6.28. The van der Waals surface area contributed by atoms with Crippen LogP contribution in [-0.4, -0.2) is 7.05 Å². The summed E-state index contributed by atoms with van der Waals surface area (Å²) in [5, 5.41) is 4.14. The van der Waals surface area contributed by atoms with Crippen LogP contribution in [0.5, 0.6) is 0 Å². The van der Waals surface area contributed by atoms with Crippen LogP contribution in [0.2, 0.25) is 5.02 Å². The second kappa shape index (κ2) is 6.89. The van der Waals surface area contributed by atoms with Crippen molar-refractivity contribution in [1.82, 2.24) is 5.32 Å². The lowest BCUT2D eigenvalue weighted by Gasteiger charge is -2.18. The van der Waals surface area contributed by atoms with E-state index in [-0.39, 0.29) is 6.04 Å². The summed E-state index contributed by atoms with van der Waals surface area (Å²) >= 11 is 13.2. The van der Waals surface area contributed by atoms with Gasteiger partial charge in [-0.3, -0.25) is 0 Å². The van der Waals surface area contributed by atoms with E-state index < -0.39 is 0 Å². The van der Waals surface area contributed by atoms with Gasteiger partial charge in [-0.25, -0.2) is 0 Å². The molecule has 2 aromatic carbocycles. The largest absolute Gasteiger partial charge is 0.313 e. The summed E-state index contributed by atoms with van der Waals surface area (Å²) in [5.74, 6) is 0. The Morgan fingerprint density at radius 3 is 2.47 bits per heavy atom. The lowest BCUT2D eigenvalue weighted by molar-refractivity contribution is 0.592.